The van der Waals surface area contributed by atoms with Gasteiger partial charge in [-0.1, -0.05) is 37.3 Å². The van der Waals surface area contributed by atoms with Crippen LogP contribution in [0.1, 0.15) is 18.4 Å². The highest BCUT2D eigenvalue weighted by Gasteiger charge is 2.19. The van der Waals surface area contributed by atoms with Crippen LogP contribution in [0.2, 0.25) is 0 Å². The third-order valence-electron chi connectivity index (χ3n) is 3.46. The van der Waals surface area contributed by atoms with Crippen molar-refractivity contribution in [2.24, 2.45) is 5.14 Å². The highest BCUT2D eigenvalue weighted by molar-refractivity contribution is 7.89. The van der Waals surface area contributed by atoms with E-state index >= 15 is 0 Å². The lowest BCUT2D eigenvalue weighted by atomic mass is 10.0. The van der Waals surface area contributed by atoms with Crippen molar-refractivity contribution in [2.45, 2.75) is 17.7 Å². The van der Waals surface area contributed by atoms with E-state index in [1.807, 2.05) is 37.3 Å². The first-order valence-corrected chi connectivity index (χ1v) is 8.43. The smallest absolute Gasteiger partial charge is 0.293 e. The maximum Gasteiger partial charge on any atom is 0.293 e. The molecule has 2 rings (SSSR count). The number of nitro benzene ring substituents is 1. The fourth-order valence-electron chi connectivity index (χ4n) is 2.15. The van der Waals surface area contributed by atoms with Gasteiger partial charge in [-0.2, -0.15) is 0 Å². The summed E-state index contributed by atoms with van der Waals surface area (Å²) in [6, 6.07) is 13.3. The third kappa shape index (κ3) is 4.27. The Morgan fingerprint density at radius 1 is 1.22 bits per heavy atom. The first-order chi connectivity index (χ1) is 10.8. The molecular formula is C15H17N3O4S. The molecule has 0 amide bonds. The zero-order valence-electron chi connectivity index (χ0n) is 12.5. The number of hydrogen-bond donors (Lipinski definition) is 2. The van der Waals surface area contributed by atoms with E-state index in [0.29, 0.717) is 6.54 Å². The van der Waals surface area contributed by atoms with Crippen LogP contribution in [0.3, 0.4) is 0 Å². The number of sulfonamides is 1. The maximum atomic E-state index is 11.3. The van der Waals surface area contributed by atoms with E-state index in [9.17, 15) is 18.5 Å². The molecule has 23 heavy (non-hydrogen) atoms. The largest absolute Gasteiger partial charge is 0.379 e. The highest BCUT2D eigenvalue weighted by atomic mass is 32.2. The van der Waals surface area contributed by atoms with Gasteiger partial charge in [0.05, 0.1) is 9.82 Å². The molecule has 0 aliphatic carbocycles. The standard InChI is InChI=1S/C15H17N3O4S/c1-11(12-5-3-2-4-6-12)10-17-14-8-7-13(23(16,21)22)9-15(14)18(19)20/h2-9,11,17H,10H2,1H3,(H2,16,21,22)/t11-/m1/s1. The predicted molar refractivity (Wildman–Crippen MR) is 87.8 cm³/mol. The summed E-state index contributed by atoms with van der Waals surface area (Å²) >= 11 is 0. The molecule has 0 aliphatic rings. The van der Waals surface area contributed by atoms with Gasteiger partial charge in [0, 0.05) is 12.6 Å². The van der Waals surface area contributed by atoms with Gasteiger partial charge in [-0.3, -0.25) is 10.1 Å². The Balaban J connectivity index is 2.21. The van der Waals surface area contributed by atoms with Gasteiger partial charge in [0.25, 0.3) is 5.69 Å². The average molecular weight is 335 g/mol. The molecule has 0 aliphatic heterocycles. The molecule has 0 saturated heterocycles. The summed E-state index contributed by atoms with van der Waals surface area (Å²) in [6.07, 6.45) is 0. The van der Waals surface area contributed by atoms with E-state index < -0.39 is 14.9 Å². The van der Waals surface area contributed by atoms with Crippen LogP contribution in [0.5, 0.6) is 0 Å². The number of nitrogens with two attached hydrogens (primary N) is 1. The van der Waals surface area contributed by atoms with Gasteiger partial charge in [0.2, 0.25) is 10.0 Å². The van der Waals surface area contributed by atoms with Crippen LogP contribution in [-0.4, -0.2) is 19.9 Å². The summed E-state index contributed by atoms with van der Waals surface area (Å²) in [5.41, 5.74) is 1.03. The van der Waals surface area contributed by atoms with E-state index in [-0.39, 0.29) is 22.2 Å². The van der Waals surface area contributed by atoms with Crippen molar-refractivity contribution < 1.29 is 13.3 Å². The number of primary sulfonamides is 1. The van der Waals surface area contributed by atoms with Crippen LogP contribution in [0.4, 0.5) is 11.4 Å². The first-order valence-electron chi connectivity index (χ1n) is 6.89. The zero-order chi connectivity index (χ0) is 17.0. The molecule has 0 spiro atoms. The molecule has 7 nitrogen and oxygen atoms in total. The summed E-state index contributed by atoms with van der Waals surface area (Å²) in [7, 11) is -3.98. The maximum absolute atomic E-state index is 11.3. The zero-order valence-corrected chi connectivity index (χ0v) is 13.3. The van der Waals surface area contributed by atoms with Crippen LogP contribution in [0.25, 0.3) is 0 Å². The Labute approximate surface area is 134 Å². The topological polar surface area (TPSA) is 115 Å². The number of anilines is 1. The van der Waals surface area contributed by atoms with E-state index in [2.05, 4.69) is 5.32 Å². The normalized spacial score (nSPS) is 12.6. The molecule has 0 aromatic heterocycles. The van der Waals surface area contributed by atoms with Crippen LogP contribution in [0, 0.1) is 10.1 Å². The molecule has 122 valence electrons. The van der Waals surface area contributed by atoms with E-state index in [1.165, 1.54) is 12.1 Å². The molecule has 0 unspecified atom stereocenters. The molecule has 0 saturated carbocycles. The summed E-state index contributed by atoms with van der Waals surface area (Å²) < 4.78 is 22.6. The number of nitrogens with zero attached hydrogens (tertiary/aromatic N) is 1. The minimum Gasteiger partial charge on any atom is -0.379 e. The lowest BCUT2D eigenvalue weighted by Gasteiger charge is -2.14. The molecule has 0 heterocycles. The Kier molecular flexibility index (Phi) is 4.97. The molecule has 1 atom stereocenters. The number of nitro groups is 1. The fourth-order valence-corrected chi connectivity index (χ4v) is 2.69. The third-order valence-corrected chi connectivity index (χ3v) is 4.37. The number of rotatable bonds is 6. The molecule has 0 bridgehead atoms. The van der Waals surface area contributed by atoms with Crippen molar-refractivity contribution in [3.63, 3.8) is 0 Å². The molecular weight excluding hydrogens is 318 g/mol. The quantitative estimate of drug-likeness (QED) is 0.621. The molecule has 3 N–H and O–H groups in total. The second-order valence-electron chi connectivity index (χ2n) is 5.17. The van der Waals surface area contributed by atoms with Crippen LogP contribution < -0.4 is 10.5 Å². The van der Waals surface area contributed by atoms with Crippen molar-refractivity contribution in [3.05, 3.63) is 64.2 Å². The van der Waals surface area contributed by atoms with E-state index in [4.69, 9.17) is 5.14 Å². The van der Waals surface area contributed by atoms with Gasteiger partial charge in [-0.05, 0) is 23.6 Å². The lowest BCUT2D eigenvalue weighted by molar-refractivity contribution is -0.384. The van der Waals surface area contributed by atoms with E-state index in [0.717, 1.165) is 11.6 Å². The number of nitrogens with one attached hydrogen (secondary N) is 1. The van der Waals surface area contributed by atoms with Gasteiger partial charge in [0.15, 0.2) is 0 Å². The van der Waals surface area contributed by atoms with Gasteiger partial charge in [-0.15, -0.1) is 0 Å². The monoisotopic (exact) mass is 335 g/mol. The van der Waals surface area contributed by atoms with Crippen LogP contribution >= 0.6 is 0 Å². The SMILES string of the molecule is C[C@H](CNc1ccc(S(N)(=O)=O)cc1[N+](=O)[O-])c1ccccc1. The fraction of sp³-hybridized carbons (Fsp3) is 0.200. The van der Waals surface area contributed by atoms with Gasteiger partial charge < -0.3 is 5.32 Å². The molecule has 0 fully saturated rings. The van der Waals surface area contributed by atoms with Crippen molar-refractivity contribution in [2.75, 3.05) is 11.9 Å². The predicted octanol–water partition coefficient (Wildman–Crippen LogP) is 2.46. The second kappa shape index (κ2) is 6.76. The average Bonchev–Trinajstić information content (AvgIpc) is 2.52. The summed E-state index contributed by atoms with van der Waals surface area (Å²) in [4.78, 5) is 10.2. The molecule has 0 radical (unpaired) electrons. The van der Waals surface area contributed by atoms with Crippen molar-refractivity contribution >= 4 is 21.4 Å². The number of benzene rings is 2. The van der Waals surface area contributed by atoms with Gasteiger partial charge in [-0.25, -0.2) is 13.6 Å². The Morgan fingerprint density at radius 2 is 1.87 bits per heavy atom. The Hall–Kier alpha value is -2.45. The summed E-state index contributed by atoms with van der Waals surface area (Å²) in [6.45, 7) is 2.46. The van der Waals surface area contributed by atoms with Gasteiger partial charge in [0.1, 0.15) is 5.69 Å². The molecule has 8 heteroatoms. The molecule has 2 aromatic carbocycles. The summed E-state index contributed by atoms with van der Waals surface area (Å²) in [5.74, 6) is 0.133. The lowest BCUT2D eigenvalue weighted by Crippen LogP contribution is -2.14. The van der Waals surface area contributed by atoms with E-state index in [1.54, 1.807) is 0 Å². The van der Waals surface area contributed by atoms with Gasteiger partial charge >= 0.3 is 0 Å². The van der Waals surface area contributed by atoms with Crippen molar-refractivity contribution in [1.29, 1.82) is 0 Å². The number of hydrogen-bond acceptors (Lipinski definition) is 5. The minimum atomic E-state index is -3.98. The van der Waals surface area contributed by atoms with Crippen LogP contribution in [-0.2, 0) is 10.0 Å². The second-order valence-corrected chi connectivity index (χ2v) is 6.74. The van der Waals surface area contributed by atoms with Crippen molar-refractivity contribution in [1.82, 2.24) is 0 Å². The Morgan fingerprint density at radius 3 is 2.43 bits per heavy atom. The molecule has 2 aromatic rings. The highest BCUT2D eigenvalue weighted by Crippen LogP contribution is 2.28. The summed E-state index contributed by atoms with van der Waals surface area (Å²) in [5, 5.41) is 19.1. The Bertz CT molecular complexity index is 807. The minimum absolute atomic E-state index is 0.133. The van der Waals surface area contributed by atoms with Crippen molar-refractivity contribution in [3.8, 4) is 0 Å². The first kappa shape index (κ1) is 16.9. The van der Waals surface area contributed by atoms with Crippen LogP contribution in [0.15, 0.2) is 53.4 Å².